The molecule has 0 amide bonds. The van der Waals surface area contributed by atoms with Crippen molar-refractivity contribution in [3.05, 3.63) is 75.3 Å². The van der Waals surface area contributed by atoms with Gasteiger partial charge < -0.3 is 30.2 Å². The zero-order chi connectivity index (χ0) is 25.5. The topological polar surface area (TPSA) is 116 Å². The number of esters is 1. The van der Waals surface area contributed by atoms with Gasteiger partial charge in [0, 0.05) is 44.6 Å². The van der Waals surface area contributed by atoms with Crippen molar-refractivity contribution in [3.8, 4) is 11.1 Å². The number of hydrogen-bond donors (Lipinski definition) is 3. The van der Waals surface area contributed by atoms with Crippen molar-refractivity contribution in [3.63, 3.8) is 0 Å². The summed E-state index contributed by atoms with van der Waals surface area (Å²) in [7, 11) is 1.64. The van der Waals surface area contributed by atoms with Gasteiger partial charge in [-0.3, -0.25) is 4.79 Å². The molecule has 1 aromatic heterocycles. The molecule has 1 saturated heterocycles. The minimum atomic E-state index is -1.10. The predicted molar refractivity (Wildman–Crippen MR) is 135 cm³/mol. The molecule has 1 unspecified atom stereocenters. The second-order valence-corrected chi connectivity index (χ2v) is 9.30. The van der Waals surface area contributed by atoms with E-state index in [0.29, 0.717) is 34.3 Å². The maximum atomic E-state index is 13.6. The number of rotatable bonds is 6. The number of ether oxygens (including phenoxy) is 2. The normalized spacial score (nSPS) is 17.6. The van der Waals surface area contributed by atoms with Gasteiger partial charge in [-0.15, -0.1) is 0 Å². The van der Waals surface area contributed by atoms with E-state index in [1.807, 2.05) is 38.1 Å². The van der Waals surface area contributed by atoms with Gasteiger partial charge in [0.1, 0.15) is 0 Å². The van der Waals surface area contributed by atoms with Crippen molar-refractivity contribution in [2.75, 3.05) is 13.2 Å². The number of pyridine rings is 1. The summed E-state index contributed by atoms with van der Waals surface area (Å²) in [6.45, 7) is 7.71. The summed E-state index contributed by atoms with van der Waals surface area (Å²) in [6.07, 6.45) is 0.557. The Kier molecular flexibility index (Phi) is 6.44. The second kappa shape index (κ2) is 9.20. The number of aryl methyl sites for hydroxylation is 2. The van der Waals surface area contributed by atoms with E-state index in [-0.39, 0.29) is 12.2 Å². The molecular formula is C27H31N3O5. The molecule has 1 aliphatic heterocycles. The third-order valence-corrected chi connectivity index (χ3v) is 6.15. The van der Waals surface area contributed by atoms with E-state index < -0.39 is 17.9 Å². The number of fused-ring (bicyclic) bond motifs is 1. The molecule has 1 fully saturated rings. The fourth-order valence-corrected chi connectivity index (χ4v) is 4.55. The van der Waals surface area contributed by atoms with Crippen LogP contribution in [0.15, 0.2) is 47.4 Å². The minimum absolute atomic E-state index is 0.0213. The maximum absolute atomic E-state index is 13.6. The van der Waals surface area contributed by atoms with Gasteiger partial charge in [-0.1, -0.05) is 35.9 Å². The number of aromatic nitrogens is 1. The molecule has 0 spiro atoms. The third kappa shape index (κ3) is 4.54. The van der Waals surface area contributed by atoms with Crippen LogP contribution in [0.4, 0.5) is 0 Å². The Bertz CT molecular complexity index is 1400. The molecule has 2 aromatic carbocycles. The third-order valence-electron chi connectivity index (χ3n) is 6.15. The highest BCUT2D eigenvalue weighted by Gasteiger charge is 2.44. The van der Waals surface area contributed by atoms with E-state index in [4.69, 9.17) is 20.3 Å². The molecule has 0 radical (unpaired) electrons. The van der Waals surface area contributed by atoms with E-state index in [0.717, 1.165) is 22.3 Å². The van der Waals surface area contributed by atoms with Gasteiger partial charge in [-0.05, 0) is 42.0 Å². The molecule has 4 rings (SSSR count). The first-order chi connectivity index (χ1) is 16.5. The van der Waals surface area contributed by atoms with Crippen LogP contribution in [0.25, 0.3) is 27.6 Å². The lowest BCUT2D eigenvalue weighted by Gasteiger charge is -2.22. The summed E-state index contributed by atoms with van der Waals surface area (Å²) in [4.78, 5) is 26.4. The van der Waals surface area contributed by atoms with Crippen LogP contribution in [0.2, 0.25) is 0 Å². The summed E-state index contributed by atoms with van der Waals surface area (Å²) in [5.41, 5.74) is 11.2. The molecular weight excluding hydrogens is 446 g/mol. The number of carbonyl (C=O) groups excluding carboxylic acids is 1. The molecule has 184 valence electrons. The van der Waals surface area contributed by atoms with Gasteiger partial charge in [-0.2, -0.15) is 0 Å². The van der Waals surface area contributed by atoms with Crippen molar-refractivity contribution >= 4 is 22.4 Å². The van der Waals surface area contributed by atoms with Crippen LogP contribution < -0.4 is 16.6 Å². The summed E-state index contributed by atoms with van der Waals surface area (Å²) >= 11 is 0. The first-order valence-corrected chi connectivity index (χ1v) is 11.5. The molecule has 1 aliphatic rings. The number of nitrogens with zero attached hydrogens (tertiary/aromatic N) is 1. The second-order valence-electron chi connectivity index (χ2n) is 9.30. The molecule has 2 heterocycles. The number of aliphatic hydroxyl groups is 1. The Hall–Kier alpha value is -3.62. The number of cyclic esters (lactones) is 1. The number of hydrogen-bond acceptors (Lipinski definition) is 7. The van der Waals surface area contributed by atoms with Gasteiger partial charge in [0.2, 0.25) is 5.79 Å². The van der Waals surface area contributed by atoms with E-state index in [1.54, 1.807) is 33.2 Å². The fourth-order valence-electron chi connectivity index (χ4n) is 4.55. The zero-order valence-electron chi connectivity index (χ0n) is 20.6. The Morgan fingerprint density at radius 3 is 2.54 bits per heavy atom. The lowest BCUT2D eigenvalue weighted by Crippen LogP contribution is -2.27. The molecule has 0 saturated carbocycles. The van der Waals surface area contributed by atoms with Crippen LogP contribution in [0.5, 0.6) is 0 Å². The van der Waals surface area contributed by atoms with Gasteiger partial charge in [0.15, 0.2) is 6.10 Å². The molecule has 8 heteroatoms. The van der Waals surface area contributed by atoms with Gasteiger partial charge in [0.05, 0.1) is 18.0 Å². The van der Waals surface area contributed by atoms with Crippen molar-refractivity contribution < 1.29 is 19.4 Å². The van der Waals surface area contributed by atoms with Gasteiger partial charge in [0.25, 0.3) is 5.56 Å². The van der Waals surface area contributed by atoms with E-state index >= 15 is 0 Å². The first-order valence-electron chi connectivity index (χ1n) is 11.5. The van der Waals surface area contributed by atoms with Crippen LogP contribution in [0, 0.1) is 13.8 Å². The average molecular weight is 478 g/mol. The van der Waals surface area contributed by atoms with Crippen LogP contribution >= 0.6 is 0 Å². The highest BCUT2D eigenvalue weighted by molar-refractivity contribution is 6.00. The molecule has 1 atom stereocenters. The number of nitrogens with two attached hydrogens (primary N) is 1. The number of aliphatic hydroxyl groups excluding tert-OH is 1. The van der Waals surface area contributed by atoms with Crippen molar-refractivity contribution in [2.24, 2.45) is 12.8 Å². The molecule has 4 N–H and O–H groups in total. The average Bonchev–Trinajstić information content (AvgIpc) is 3.08. The number of nitrogens with one attached hydrogen (secondary N) is 1. The van der Waals surface area contributed by atoms with Gasteiger partial charge in [-0.25, -0.2) is 4.79 Å². The summed E-state index contributed by atoms with van der Waals surface area (Å²) in [5, 5.41) is 13.1. The Morgan fingerprint density at radius 1 is 1.17 bits per heavy atom. The predicted octanol–water partition coefficient (Wildman–Crippen LogP) is 3.01. The lowest BCUT2D eigenvalue weighted by atomic mass is 9.90. The van der Waals surface area contributed by atoms with E-state index in [1.165, 1.54) is 4.57 Å². The molecule has 35 heavy (non-hydrogen) atoms. The molecule has 0 bridgehead atoms. The summed E-state index contributed by atoms with van der Waals surface area (Å²) in [5.74, 6) is -1.63. The van der Waals surface area contributed by atoms with Crippen LogP contribution in [0.1, 0.15) is 42.3 Å². The Labute approximate surface area is 204 Å². The van der Waals surface area contributed by atoms with Crippen molar-refractivity contribution in [1.82, 2.24) is 9.88 Å². The van der Waals surface area contributed by atoms with E-state index in [9.17, 15) is 9.59 Å². The first kappa shape index (κ1) is 24.5. The smallest absolute Gasteiger partial charge is 0.344 e. The largest absolute Gasteiger partial charge is 0.431 e. The Balaban J connectivity index is 2.03. The monoisotopic (exact) mass is 477 g/mol. The van der Waals surface area contributed by atoms with Crippen LogP contribution in [-0.4, -0.2) is 34.6 Å². The molecule has 3 aromatic rings. The quantitative estimate of drug-likeness (QED) is 0.369. The highest BCUT2D eigenvalue weighted by Crippen LogP contribution is 2.42. The number of benzene rings is 2. The maximum Gasteiger partial charge on any atom is 0.344 e. The van der Waals surface area contributed by atoms with Crippen molar-refractivity contribution in [2.45, 2.75) is 39.6 Å². The molecule has 0 aliphatic carbocycles. The van der Waals surface area contributed by atoms with Crippen LogP contribution in [0.3, 0.4) is 0 Å². The highest BCUT2D eigenvalue weighted by atomic mass is 16.8. The lowest BCUT2D eigenvalue weighted by molar-refractivity contribution is -0.161. The minimum Gasteiger partial charge on any atom is -0.431 e. The van der Waals surface area contributed by atoms with Crippen LogP contribution in [-0.2, 0) is 21.3 Å². The Morgan fingerprint density at radius 2 is 1.91 bits per heavy atom. The summed E-state index contributed by atoms with van der Waals surface area (Å²) in [6, 6.07) is 11.5. The summed E-state index contributed by atoms with van der Waals surface area (Å²) < 4.78 is 12.9. The number of carbonyl (C=O) groups is 1. The van der Waals surface area contributed by atoms with Crippen molar-refractivity contribution in [1.29, 1.82) is 0 Å². The SMILES string of the molecule is Cc1ccc(-c2c(C3OC(C)(C)OC3=O)n(C)c(=O)c3cc(/C(N)=C/NCCO)ccc23)c(C)c1. The standard InChI is InChI=1S/C27H31N3O5/c1-15-6-8-18(16(2)12-15)22-19-9-7-17(21(28)14-29-10-11-31)13-20(19)25(32)30(5)23(22)24-26(33)35-27(3,4)34-24/h6-9,12-14,24,29,31H,10-11,28H2,1-5H3/b21-14-. The van der Waals surface area contributed by atoms with E-state index in [2.05, 4.69) is 11.4 Å². The zero-order valence-corrected chi connectivity index (χ0v) is 20.6. The van der Waals surface area contributed by atoms with Gasteiger partial charge >= 0.3 is 5.97 Å². The fraction of sp³-hybridized carbons (Fsp3) is 0.333. The molecule has 8 nitrogen and oxygen atoms in total.